The zero-order valence-electron chi connectivity index (χ0n) is 15.1. The highest BCUT2D eigenvalue weighted by Gasteiger charge is 2.08. The second-order valence-corrected chi connectivity index (χ2v) is 5.89. The third-order valence-corrected chi connectivity index (χ3v) is 3.94. The monoisotopic (exact) mass is 366 g/mol. The maximum absolute atomic E-state index is 13.7. The van der Waals surface area contributed by atoms with Crippen LogP contribution >= 0.6 is 0 Å². The van der Waals surface area contributed by atoms with Crippen molar-refractivity contribution in [3.63, 3.8) is 0 Å². The quantitative estimate of drug-likeness (QED) is 0.468. The molecule has 3 aromatic rings. The lowest BCUT2D eigenvalue weighted by molar-refractivity contribution is 0.104. The summed E-state index contributed by atoms with van der Waals surface area (Å²) in [6, 6.07) is 11.7. The molecule has 0 amide bonds. The second-order valence-electron chi connectivity index (χ2n) is 5.89. The topological polar surface area (TPSA) is 53.3 Å². The van der Waals surface area contributed by atoms with Crippen molar-refractivity contribution in [2.24, 2.45) is 7.05 Å². The molecule has 5 nitrogen and oxygen atoms in total. The number of ketones is 1. The Hall–Kier alpha value is -3.41. The highest BCUT2D eigenvalue weighted by Crippen LogP contribution is 2.24. The normalized spacial score (nSPS) is 10.9. The second kappa shape index (κ2) is 8.31. The predicted octanol–water partition coefficient (Wildman–Crippen LogP) is 4.04. The molecule has 0 radical (unpaired) electrons. The Bertz CT molecular complexity index is 979. The van der Waals surface area contributed by atoms with E-state index >= 15 is 0 Å². The molecule has 0 N–H and O–H groups in total. The Kier molecular flexibility index (Phi) is 5.66. The summed E-state index contributed by atoms with van der Waals surface area (Å²) in [5.41, 5.74) is 2.07. The molecule has 6 heteroatoms. The molecule has 0 atom stereocenters. The van der Waals surface area contributed by atoms with Crippen LogP contribution in [0.3, 0.4) is 0 Å². The summed E-state index contributed by atoms with van der Waals surface area (Å²) >= 11 is 0. The molecule has 0 aliphatic rings. The van der Waals surface area contributed by atoms with E-state index in [1.165, 1.54) is 18.3 Å². The maximum atomic E-state index is 13.7. The van der Waals surface area contributed by atoms with Crippen molar-refractivity contribution < 1.29 is 18.7 Å². The Morgan fingerprint density at radius 2 is 2.04 bits per heavy atom. The maximum Gasteiger partial charge on any atom is 0.189 e. The van der Waals surface area contributed by atoms with Crippen molar-refractivity contribution in [1.29, 1.82) is 0 Å². The Labute approximate surface area is 156 Å². The number of benzene rings is 2. The first-order valence-corrected chi connectivity index (χ1v) is 8.32. The molecule has 3 rings (SSSR count). The van der Waals surface area contributed by atoms with Gasteiger partial charge in [0.1, 0.15) is 12.4 Å². The number of aryl methyl sites for hydroxylation is 1. The number of hydrogen-bond donors (Lipinski definition) is 0. The first kappa shape index (κ1) is 18.4. The number of rotatable bonds is 7. The lowest BCUT2D eigenvalue weighted by atomic mass is 10.1. The van der Waals surface area contributed by atoms with Crippen LogP contribution in [0.15, 0.2) is 60.9 Å². The summed E-state index contributed by atoms with van der Waals surface area (Å²) in [6.45, 7) is 0.141. The van der Waals surface area contributed by atoms with Gasteiger partial charge in [-0.05, 0) is 35.9 Å². The fourth-order valence-corrected chi connectivity index (χ4v) is 2.55. The van der Waals surface area contributed by atoms with E-state index in [4.69, 9.17) is 9.47 Å². The summed E-state index contributed by atoms with van der Waals surface area (Å²) < 4.78 is 26.2. The fourth-order valence-electron chi connectivity index (χ4n) is 2.55. The van der Waals surface area contributed by atoms with Crippen LogP contribution in [-0.2, 0) is 13.7 Å². The van der Waals surface area contributed by atoms with Gasteiger partial charge in [0, 0.05) is 18.8 Å². The minimum absolute atomic E-state index is 0.136. The van der Waals surface area contributed by atoms with Crippen molar-refractivity contribution in [3.05, 3.63) is 83.4 Å². The molecule has 0 bridgehead atoms. The van der Waals surface area contributed by atoms with E-state index in [0.29, 0.717) is 11.3 Å². The van der Waals surface area contributed by atoms with Crippen LogP contribution in [0.4, 0.5) is 4.39 Å². The first-order chi connectivity index (χ1) is 13.1. The van der Waals surface area contributed by atoms with Crippen molar-refractivity contribution in [2.75, 3.05) is 7.11 Å². The van der Waals surface area contributed by atoms with E-state index in [-0.39, 0.29) is 18.1 Å². The number of carbonyl (C=O) groups is 1. The van der Waals surface area contributed by atoms with Gasteiger partial charge in [0.2, 0.25) is 0 Å². The minimum Gasteiger partial charge on any atom is -0.496 e. The fraction of sp³-hybridized carbons (Fsp3) is 0.143. The molecular formula is C21H19FN2O3. The third-order valence-electron chi connectivity index (χ3n) is 3.94. The molecule has 1 aromatic heterocycles. The molecule has 0 aliphatic heterocycles. The molecule has 0 aliphatic carbocycles. The van der Waals surface area contributed by atoms with Gasteiger partial charge in [-0.15, -0.1) is 0 Å². The average molecular weight is 366 g/mol. The molecule has 2 aromatic carbocycles. The SMILES string of the molecule is COc1ccc(/C=C/C(=O)c2cnn(C)c2)cc1COc1ccccc1F. The van der Waals surface area contributed by atoms with E-state index in [1.54, 1.807) is 55.4 Å². The lowest BCUT2D eigenvalue weighted by Crippen LogP contribution is -2.00. The van der Waals surface area contributed by atoms with Crippen molar-refractivity contribution in [1.82, 2.24) is 9.78 Å². The Morgan fingerprint density at radius 1 is 1.22 bits per heavy atom. The number of carbonyl (C=O) groups excluding carboxylic acids is 1. The number of ether oxygens (including phenoxy) is 2. The number of hydrogen-bond acceptors (Lipinski definition) is 4. The molecule has 0 fully saturated rings. The Morgan fingerprint density at radius 3 is 2.74 bits per heavy atom. The number of allylic oxidation sites excluding steroid dienone is 1. The van der Waals surface area contributed by atoms with E-state index < -0.39 is 5.82 Å². The van der Waals surface area contributed by atoms with E-state index in [2.05, 4.69) is 5.10 Å². The van der Waals surface area contributed by atoms with Gasteiger partial charge in [-0.25, -0.2) is 4.39 Å². The van der Waals surface area contributed by atoms with E-state index in [0.717, 1.165) is 11.1 Å². The summed E-state index contributed by atoms with van der Waals surface area (Å²) in [6.07, 6.45) is 6.38. The minimum atomic E-state index is -0.422. The van der Waals surface area contributed by atoms with Gasteiger partial charge in [-0.2, -0.15) is 5.10 Å². The van der Waals surface area contributed by atoms with Gasteiger partial charge in [0.05, 0.1) is 18.9 Å². The van der Waals surface area contributed by atoms with Gasteiger partial charge in [-0.3, -0.25) is 9.48 Å². The Balaban J connectivity index is 1.75. The predicted molar refractivity (Wildman–Crippen MR) is 100 cm³/mol. The van der Waals surface area contributed by atoms with Crippen LogP contribution in [0, 0.1) is 5.82 Å². The van der Waals surface area contributed by atoms with Gasteiger partial charge in [0.25, 0.3) is 0 Å². The number of aromatic nitrogens is 2. The molecule has 0 spiro atoms. The molecule has 138 valence electrons. The highest BCUT2D eigenvalue weighted by atomic mass is 19.1. The molecule has 0 saturated carbocycles. The lowest BCUT2D eigenvalue weighted by Gasteiger charge is -2.11. The van der Waals surface area contributed by atoms with Crippen molar-refractivity contribution in [3.8, 4) is 11.5 Å². The summed E-state index contributed by atoms with van der Waals surface area (Å²) in [7, 11) is 3.31. The van der Waals surface area contributed by atoms with Gasteiger partial charge in [0.15, 0.2) is 17.3 Å². The molecular weight excluding hydrogens is 347 g/mol. The van der Waals surface area contributed by atoms with Crippen LogP contribution < -0.4 is 9.47 Å². The summed E-state index contributed by atoms with van der Waals surface area (Å²) in [5, 5.41) is 3.99. The zero-order chi connectivity index (χ0) is 19.2. The molecule has 1 heterocycles. The van der Waals surface area contributed by atoms with Gasteiger partial charge < -0.3 is 9.47 Å². The summed E-state index contributed by atoms with van der Waals surface area (Å²) in [5.74, 6) is 0.243. The number of methoxy groups -OCH3 is 1. The highest BCUT2D eigenvalue weighted by molar-refractivity contribution is 6.06. The molecule has 0 unspecified atom stereocenters. The number of para-hydroxylation sites is 1. The van der Waals surface area contributed by atoms with Gasteiger partial charge >= 0.3 is 0 Å². The largest absolute Gasteiger partial charge is 0.496 e. The molecule has 27 heavy (non-hydrogen) atoms. The van der Waals surface area contributed by atoms with Crippen LogP contribution in [0.5, 0.6) is 11.5 Å². The number of halogens is 1. The van der Waals surface area contributed by atoms with Crippen LogP contribution in [0.2, 0.25) is 0 Å². The van der Waals surface area contributed by atoms with E-state index in [9.17, 15) is 9.18 Å². The number of nitrogens with zero attached hydrogens (tertiary/aromatic N) is 2. The summed E-state index contributed by atoms with van der Waals surface area (Å²) in [4.78, 5) is 12.2. The van der Waals surface area contributed by atoms with Crippen LogP contribution in [0.1, 0.15) is 21.5 Å². The van der Waals surface area contributed by atoms with Crippen molar-refractivity contribution >= 4 is 11.9 Å². The standard InChI is InChI=1S/C21H19FN2O3/c1-24-13-17(12-23-24)19(25)9-7-15-8-10-20(26-2)16(11-15)14-27-21-6-4-3-5-18(21)22/h3-13H,14H2,1-2H3/b9-7+. The average Bonchev–Trinajstić information content (AvgIpc) is 3.12. The van der Waals surface area contributed by atoms with Crippen LogP contribution in [-0.4, -0.2) is 22.7 Å². The van der Waals surface area contributed by atoms with Gasteiger partial charge in [-0.1, -0.05) is 24.3 Å². The smallest absolute Gasteiger partial charge is 0.189 e. The van der Waals surface area contributed by atoms with Crippen LogP contribution in [0.25, 0.3) is 6.08 Å². The molecule has 0 saturated heterocycles. The zero-order valence-corrected chi connectivity index (χ0v) is 15.1. The van der Waals surface area contributed by atoms with Crippen molar-refractivity contribution in [2.45, 2.75) is 6.61 Å². The first-order valence-electron chi connectivity index (χ1n) is 8.32. The van der Waals surface area contributed by atoms with E-state index in [1.807, 2.05) is 12.1 Å². The third kappa shape index (κ3) is 4.61.